The Hall–Kier alpha value is -0.990. The number of hydrogen-bond donors (Lipinski definition) is 1. The fourth-order valence-electron chi connectivity index (χ4n) is 2.79. The maximum atomic E-state index is 12.3. The number of rotatable bonds is 0. The van der Waals surface area contributed by atoms with Gasteiger partial charge in [0.1, 0.15) is 0 Å². The lowest BCUT2D eigenvalue weighted by atomic mass is 9.76. The normalized spacial score (nSPS) is 18.1. The third-order valence-electron chi connectivity index (χ3n) is 3.48. The van der Waals surface area contributed by atoms with Crippen LogP contribution in [0.25, 0.3) is 10.9 Å². The summed E-state index contributed by atoms with van der Waals surface area (Å²) >= 11 is 12.2. The molecule has 0 aliphatic heterocycles. The zero-order valence-electron chi connectivity index (χ0n) is 10.2. The summed E-state index contributed by atoms with van der Waals surface area (Å²) in [4.78, 5) is 15.6. The molecule has 1 N–H and O–H groups in total. The zero-order chi connectivity index (χ0) is 13.1. The molecule has 0 saturated carbocycles. The van der Waals surface area contributed by atoms with Crippen LogP contribution in [0.3, 0.4) is 0 Å². The van der Waals surface area contributed by atoms with Gasteiger partial charge in [0.05, 0.1) is 10.5 Å². The van der Waals surface area contributed by atoms with Crippen molar-refractivity contribution in [3.8, 4) is 0 Å². The number of H-pyrrole nitrogens is 1. The van der Waals surface area contributed by atoms with Crippen LogP contribution in [0.4, 0.5) is 0 Å². The lowest BCUT2D eigenvalue weighted by molar-refractivity contribution is 0.0913. The van der Waals surface area contributed by atoms with E-state index in [9.17, 15) is 4.79 Å². The SMILES string of the molecule is CC1(C)CC(=O)c2c([nH]c3c(Cl)cc(Cl)cc23)C1. The monoisotopic (exact) mass is 281 g/mol. The second-order valence-electron chi connectivity index (χ2n) is 5.73. The van der Waals surface area contributed by atoms with E-state index in [-0.39, 0.29) is 11.2 Å². The standard InChI is InChI=1S/C14H13Cl2NO/c1-14(2)5-10-12(11(18)6-14)8-3-7(15)4-9(16)13(8)17-10/h3-4,17H,5-6H2,1-2H3. The van der Waals surface area contributed by atoms with Crippen LogP contribution in [0.2, 0.25) is 10.0 Å². The number of fused-ring (bicyclic) bond motifs is 3. The molecule has 0 unspecified atom stereocenters. The molecule has 0 bridgehead atoms. The summed E-state index contributed by atoms with van der Waals surface area (Å²) in [7, 11) is 0. The Bertz CT molecular complexity index is 670. The quantitative estimate of drug-likeness (QED) is 0.750. The highest BCUT2D eigenvalue weighted by molar-refractivity contribution is 6.39. The predicted octanol–water partition coefficient (Wildman–Crippen LogP) is 4.63. The number of aromatic nitrogens is 1. The molecule has 0 atom stereocenters. The number of ketones is 1. The number of carbonyl (C=O) groups is 1. The average Bonchev–Trinajstić information content (AvgIpc) is 2.54. The van der Waals surface area contributed by atoms with Gasteiger partial charge in [-0.1, -0.05) is 37.0 Å². The van der Waals surface area contributed by atoms with Gasteiger partial charge in [0.15, 0.2) is 5.78 Å². The van der Waals surface area contributed by atoms with Crippen molar-refractivity contribution >= 4 is 39.9 Å². The maximum Gasteiger partial charge on any atom is 0.165 e. The second-order valence-corrected chi connectivity index (χ2v) is 6.57. The Labute approximate surface area is 115 Å². The Kier molecular flexibility index (Phi) is 2.51. The van der Waals surface area contributed by atoms with E-state index in [2.05, 4.69) is 18.8 Å². The van der Waals surface area contributed by atoms with Crippen LogP contribution in [0.5, 0.6) is 0 Å². The highest BCUT2D eigenvalue weighted by Gasteiger charge is 2.33. The Morgan fingerprint density at radius 1 is 1.22 bits per heavy atom. The van der Waals surface area contributed by atoms with Crippen molar-refractivity contribution in [3.63, 3.8) is 0 Å². The largest absolute Gasteiger partial charge is 0.357 e. The number of aromatic amines is 1. The fourth-order valence-corrected chi connectivity index (χ4v) is 3.33. The van der Waals surface area contributed by atoms with Crippen molar-refractivity contribution in [3.05, 3.63) is 33.4 Å². The van der Waals surface area contributed by atoms with Crippen LogP contribution in [0.15, 0.2) is 12.1 Å². The zero-order valence-corrected chi connectivity index (χ0v) is 11.7. The number of nitrogens with one attached hydrogen (secondary N) is 1. The molecule has 0 amide bonds. The van der Waals surface area contributed by atoms with Gasteiger partial charge in [-0.05, 0) is 24.0 Å². The van der Waals surface area contributed by atoms with Crippen LogP contribution in [-0.4, -0.2) is 10.8 Å². The van der Waals surface area contributed by atoms with Gasteiger partial charge in [0.2, 0.25) is 0 Å². The van der Waals surface area contributed by atoms with E-state index >= 15 is 0 Å². The molecule has 0 spiro atoms. The number of benzene rings is 1. The molecular formula is C14H13Cl2NO. The van der Waals surface area contributed by atoms with Crippen LogP contribution < -0.4 is 0 Å². The third-order valence-corrected chi connectivity index (χ3v) is 3.99. The van der Waals surface area contributed by atoms with Crippen LogP contribution in [0, 0.1) is 5.41 Å². The number of carbonyl (C=O) groups excluding carboxylic acids is 1. The smallest absolute Gasteiger partial charge is 0.165 e. The van der Waals surface area contributed by atoms with Gasteiger partial charge >= 0.3 is 0 Å². The van der Waals surface area contributed by atoms with E-state index < -0.39 is 0 Å². The van der Waals surface area contributed by atoms with E-state index in [1.807, 2.05) is 6.07 Å². The minimum Gasteiger partial charge on any atom is -0.357 e. The Morgan fingerprint density at radius 3 is 2.67 bits per heavy atom. The molecule has 1 aromatic heterocycles. The fraction of sp³-hybridized carbons (Fsp3) is 0.357. The van der Waals surface area contributed by atoms with Gasteiger partial charge in [0.25, 0.3) is 0 Å². The molecule has 18 heavy (non-hydrogen) atoms. The molecule has 1 aliphatic rings. The van der Waals surface area contributed by atoms with Crippen molar-refractivity contribution in [2.24, 2.45) is 5.41 Å². The summed E-state index contributed by atoms with van der Waals surface area (Å²) in [6.07, 6.45) is 1.42. The molecule has 2 nitrogen and oxygen atoms in total. The summed E-state index contributed by atoms with van der Waals surface area (Å²) in [6.45, 7) is 4.21. The average molecular weight is 282 g/mol. The van der Waals surface area contributed by atoms with E-state index in [0.29, 0.717) is 16.5 Å². The summed E-state index contributed by atoms with van der Waals surface area (Å²) in [5.41, 5.74) is 2.57. The van der Waals surface area contributed by atoms with Crippen molar-refractivity contribution in [1.82, 2.24) is 4.98 Å². The van der Waals surface area contributed by atoms with Crippen molar-refractivity contribution in [2.45, 2.75) is 26.7 Å². The number of halogens is 2. The van der Waals surface area contributed by atoms with Gasteiger partial charge in [-0.15, -0.1) is 0 Å². The Balaban J connectivity index is 2.34. The van der Waals surface area contributed by atoms with Gasteiger partial charge < -0.3 is 4.98 Å². The van der Waals surface area contributed by atoms with Crippen molar-refractivity contribution in [2.75, 3.05) is 0 Å². The minimum atomic E-state index is 0.00122. The molecule has 0 radical (unpaired) electrons. The molecular weight excluding hydrogens is 269 g/mol. The maximum absolute atomic E-state index is 12.3. The highest BCUT2D eigenvalue weighted by Crippen LogP contribution is 2.40. The summed E-state index contributed by atoms with van der Waals surface area (Å²) in [5, 5.41) is 1.98. The molecule has 3 rings (SSSR count). The van der Waals surface area contributed by atoms with Crippen LogP contribution in [-0.2, 0) is 6.42 Å². The molecule has 0 fully saturated rings. The first-order valence-corrected chi connectivity index (χ1v) is 6.66. The summed E-state index contributed by atoms with van der Waals surface area (Å²) in [6, 6.07) is 3.51. The highest BCUT2D eigenvalue weighted by atomic mass is 35.5. The minimum absolute atomic E-state index is 0.00122. The van der Waals surface area contributed by atoms with Crippen LogP contribution in [0.1, 0.15) is 36.3 Å². The van der Waals surface area contributed by atoms with Crippen molar-refractivity contribution in [1.29, 1.82) is 0 Å². The number of hydrogen-bond acceptors (Lipinski definition) is 1. The topological polar surface area (TPSA) is 32.9 Å². The molecule has 1 heterocycles. The Morgan fingerprint density at radius 2 is 1.94 bits per heavy atom. The molecule has 4 heteroatoms. The predicted molar refractivity (Wildman–Crippen MR) is 74.8 cm³/mol. The second kappa shape index (κ2) is 3.75. The van der Waals surface area contributed by atoms with E-state index in [1.54, 1.807) is 6.07 Å². The summed E-state index contributed by atoms with van der Waals surface area (Å²) in [5.74, 6) is 0.172. The number of Topliss-reactive ketones (excluding diaryl/α,β-unsaturated/α-hetero) is 1. The summed E-state index contributed by atoms with van der Waals surface area (Å²) < 4.78 is 0. The van der Waals surface area contributed by atoms with Crippen molar-refractivity contribution < 1.29 is 4.79 Å². The van der Waals surface area contributed by atoms with E-state index in [0.717, 1.165) is 28.6 Å². The van der Waals surface area contributed by atoms with Gasteiger partial charge in [0, 0.05) is 28.1 Å². The van der Waals surface area contributed by atoms with E-state index in [4.69, 9.17) is 23.2 Å². The lowest BCUT2D eigenvalue weighted by Crippen LogP contribution is -2.26. The molecule has 2 aromatic rings. The first-order chi connectivity index (χ1) is 8.37. The van der Waals surface area contributed by atoms with Gasteiger partial charge in [-0.2, -0.15) is 0 Å². The molecule has 94 valence electrons. The molecule has 0 saturated heterocycles. The first-order valence-electron chi connectivity index (χ1n) is 5.90. The molecule has 1 aromatic carbocycles. The van der Waals surface area contributed by atoms with E-state index in [1.165, 1.54) is 0 Å². The molecule has 1 aliphatic carbocycles. The van der Waals surface area contributed by atoms with Gasteiger partial charge in [-0.3, -0.25) is 4.79 Å². The first kappa shape index (κ1) is 12.1. The van der Waals surface area contributed by atoms with Gasteiger partial charge in [-0.25, -0.2) is 0 Å². The lowest BCUT2D eigenvalue weighted by Gasteiger charge is -2.28. The third kappa shape index (κ3) is 1.75. The van der Waals surface area contributed by atoms with Crippen LogP contribution >= 0.6 is 23.2 Å².